The summed E-state index contributed by atoms with van der Waals surface area (Å²) in [6.45, 7) is 2.33. The van der Waals surface area contributed by atoms with Crippen molar-refractivity contribution in [3.63, 3.8) is 0 Å². The average Bonchev–Trinajstić information content (AvgIpc) is 2.93. The number of nitrogens with zero attached hydrogens (tertiary/aromatic N) is 1. The molecule has 2 aliphatic rings. The third-order valence-electron chi connectivity index (χ3n) is 3.69. The van der Waals surface area contributed by atoms with Gasteiger partial charge in [0, 0.05) is 13.1 Å². The zero-order chi connectivity index (χ0) is 14.5. The van der Waals surface area contributed by atoms with Crippen LogP contribution in [-0.4, -0.2) is 49.1 Å². The van der Waals surface area contributed by atoms with Gasteiger partial charge in [0.05, 0.1) is 12.2 Å². The van der Waals surface area contributed by atoms with Gasteiger partial charge in [-0.15, -0.1) is 11.3 Å². The number of carboxylic acids is 1. The van der Waals surface area contributed by atoms with E-state index in [1.807, 2.05) is 0 Å². The maximum absolute atomic E-state index is 12.6. The Balaban J connectivity index is 1.92. The van der Waals surface area contributed by atoms with Gasteiger partial charge < -0.3 is 9.84 Å². The molecule has 1 N–H and O–H groups in total. The molecule has 2 fully saturated rings. The van der Waals surface area contributed by atoms with Crippen molar-refractivity contribution in [1.82, 2.24) is 4.31 Å². The normalized spacial score (nSPS) is 26.9. The van der Waals surface area contributed by atoms with Crippen LogP contribution in [0.3, 0.4) is 0 Å². The molecule has 1 aromatic heterocycles. The number of sulfonamides is 1. The predicted molar refractivity (Wildman–Crippen MR) is 72.7 cm³/mol. The van der Waals surface area contributed by atoms with Crippen molar-refractivity contribution in [2.24, 2.45) is 0 Å². The maximum Gasteiger partial charge on any atom is 0.346 e. The summed E-state index contributed by atoms with van der Waals surface area (Å²) in [7, 11) is -3.61. The van der Waals surface area contributed by atoms with Crippen LogP contribution < -0.4 is 0 Å². The number of morpholine rings is 1. The summed E-state index contributed by atoms with van der Waals surface area (Å²) in [6, 6.07) is 1.45. The molecule has 0 amide bonds. The maximum atomic E-state index is 12.6. The topological polar surface area (TPSA) is 83.9 Å². The van der Waals surface area contributed by atoms with E-state index < -0.39 is 16.0 Å². The van der Waals surface area contributed by atoms with Crippen molar-refractivity contribution in [3.8, 4) is 0 Å². The third kappa shape index (κ3) is 2.26. The second-order valence-electron chi connectivity index (χ2n) is 5.16. The van der Waals surface area contributed by atoms with Crippen LogP contribution >= 0.6 is 11.3 Å². The van der Waals surface area contributed by atoms with E-state index in [2.05, 4.69) is 0 Å². The first-order valence-corrected chi connectivity index (χ1v) is 8.63. The lowest BCUT2D eigenvalue weighted by Gasteiger charge is -2.30. The Hall–Kier alpha value is -0.960. The number of hydrogen-bond donors (Lipinski definition) is 1. The Morgan fingerprint density at radius 1 is 1.40 bits per heavy atom. The van der Waals surface area contributed by atoms with E-state index in [0.29, 0.717) is 18.7 Å². The summed E-state index contributed by atoms with van der Waals surface area (Å²) in [5, 5.41) is 9.03. The zero-order valence-corrected chi connectivity index (χ0v) is 12.5. The molecule has 0 radical (unpaired) electrons. The third-order valence-corrected chi connectivity index (χ3v) is 7.20. The number of fused-ring (bicyclic) bond motifs is 2. The fourth-order valence-electron chi connectivity index (χ4n) is 2.69. The Morgan fingerprint density at radius 2 is 2.00 bits per heavy atom. The number of ether oxygens (including phenoxy) is 1. The lowest BCUT2D eigenvalue weighted by molar-refractivity contribution is -0.0114. The van der Waals surface area contributed by atoms with Crippen molar-refractivity contribution in [1.29, 1.82) is 0 Å². The molecule has 0 spiro atoms. The Morgan fingerprint density at radius 3 is 2.50 bits per heavy atom. The minimum Gasteiger partial charge on any atom is -0.477 e. The SMILES string of the molecule is Cc1cc(S(=O)(=O)N2CC3CCC(C2)O3)sc1C(=O)O. The summed E-state index contributed by atoms with van der Waals surface area (Å²) < 4.78 is 32.3. The molecular weight excluding hydrogens is 302 g/mol. The van der Waals surface area contributed by atoms with E-state index in [-0.39, 0.29) is 21.3 Å². The number of hydrogen-bond acceptors (Lipinski definition) is 5. The van der Waals surface area contributed by atoms with Gasteiger partial charge in [-0.05, 0) is 31.4 Å². The lowest BCUT2D eigenvalue weighted by atomic mass is 10.2. The minimum absolute atomic E-state index is 0.0245. The smallest absolute Gasteiger partial charge is 0.346 e. The summed E-state index contributed by atoms with van der Waals surface area (Å²) in [4.78, 5) is 11.1. The molecular formula is C12H15NO5S2. The Labute approximate surface area is 121 Å². The van der Waals surface area contributed by atoms with Gasteiger partial charge in [-0.2, -0.15) is 4.31 Å². The molecule has 3 heterocycles. The Bertz CT molecular complexity index is 639. The molecule has 20 heavy (non-hydrogen) atoms. The first-order chi connectivity index (χ1) is 9.38. The van der Waals surface area contributed by atoms with E-state index in [4.69, 9.17) is 9.84 Å². The van der Waals surface area contributed by atoms with Crippen LogP contribution in [0.4, 0.5) is 0 Å². The predicted octanol–water partition coefficient (Wildman–Crippen LogP) is 1.31. The van der Waals surface area contributed by atoms with Crippen LogP contribution in [0.1, 0.15) is 28.1 Å². The van der Waals surface area contributed by atoms with Gasteiger partial charge in [-0.25, -0.2) is 13.2 Å². The fraction of sp³-hybridized carbons (Fsp3) is 0.583. The molecule has 6 nitrogen and oxygen atoms in total. The molecule has 3 rings (SSSR count). The van der Waals surface area contributed by atoms with Gasteiger partial charge in [0.25, 0.3) is 10.0 Å². The van der Waals surface area contributed by atoms with Gasteiger partial charge in [0.2, 0.25) is 0 Å². The van der Waals surface area contributed by atoms with Crippen LogP contribution in [0, 0.1) is 6.92 Å². The highest BCUT2D eigenvalue weighted by Crippen LogP contribution is 2.33. The van der Waals surface area contributed by atoms with Crippen molar-refractivity contribution in [3.05, 3.63) is 16.5 Å². The highest BCUT2D eigenvalue weighted by atomic mass is 32.2. The van der Waals surface area contributed by atoms with E-state index in [0.717, 1.165) is 24.2 Å². The second kappa shape index (κ2) is 4.80. The fourth-order valence-corrected chi connectivity index (χ4v) is 5.73. The van der Waals surface area contributed by atoms with E-state index >= 15 is 0 Å². The summed E-state index contributed by atoms with van der Waals surface area (Å²) in [5.41, 5.74) is 0.484. The first kappa shape index (κ1) is 14.0. The number of carbonyl (C=O) groups is 1. The first-order valence-electron chi connectivity index (χ1n) is 6.37. The summed E-state index contributed by atoms with van der Waals surface area (Å²) in [5.74, 6) is -1.09. The molecule has 1 aromatic rings. The number of aromatic carboxylic acids is 1. The number of carboxylic acid groups (broad SMARTS) is 1. The van der Waals surface area contributed by atoms with Crippen molar-refractivity contribution < 1.29 is 23.1 Å². The summed E-state index contributed by atoms with van der Waals surface area (Å²) in [6.07, 6.45) is 1.73. The van der Waals surface area contributed by atoms with E-state index in [1.165, 1.54) is 10.4 Å². The van der Waals surface area contributed by atoms with Crippen molar-refractivity contribution in [2.45, 2.75) is 36.2 Å². The van der Waals surface area contributed by atoms with Gasteiger partial charge in [-0.3, -0.25) is 0 Å². The van der Waals surface area contributed by atoms with E-state index in [1.54, 1.807) is 6.92 Å². The number of thiophene rings is 1. The molecule has 0 aromatic carbocycles. The van der Waals surface area contributed by atoms with Crippen LogP contribution in [-0.2, 0) is 14.8 Å². The van der Waals surface area contributed by atoms with Crippen LogP contribution in [0.2, 0.25) is 0 Å². The molecule has 110 valence electrons. The van der Waals surface area contributed by atoms with Crippen LogP contribution in [0.15, 0.2) is 10.3 Å². The monoisotopic (exact) mass is 317 g/mol. The van der Waals surface area contributed by atoms with Gasteiger partial charge >= 0.3 is 5.97 Å². The van der Waals surface area contributed by atoms with Crippen molar-refractivity contribution >= 4 is 27.3 Å². The standard InChI is InChI=1S/C12H15NO5S2/c1-7-4-10(19-11(7)12(14)15)20(16,17)13-5-8-2-3-9(6-13)18-8/h4,8-9H,2-3,5-6H2,1H3,(H,14,15). The molecule has 2 atom stereocenters. The molecule has 2 saturated heterocycles. The van der Waals surface area contributed by atoms with Gasteiger partial charge in [0.15, 0.2) is 0 Å². The molecule has 8 heteroatoms. The van der Waals surface area contributed by atoms with Gasteiger partial charge in [0.1, 0.15) is 9.09 Å². The highest BCUT2D eigenvalue weighted by molar-refractivity contribution is 7.91. The quantitative estimate of drug-likeness (QED) is 0.908. The number of aryl methyl sites for hydroxylation is 1. The number of rotatable bonds is 3. The molecule has 0 aliphatic carbocycles. The Kier molecular flexibility index (Phi) is 3.36. The minimum atomic E-state index is -3.61. The second-order valence-corrected chi connectivity index (χ2v) is 8.38. The van der Waals surface area contributed by atoms with Crippen LogP contribution in [0.5, 0.6) is 0 Å². The molecule has 2 aliphatic heterocycles. The van der Waals surface area contributed by atoms with Crippen molar-refractivity contribution in [2.75, 3.05) is 13.1 Å². The lowest BCUT2D eigenvalue weighted by Crippen LogP contribution is -2.45. The average molecular weight is 317 g/mol. The highest BCUT2D eigenvalue weighted by Gasteiger charge is 2.40. The largest absolute Gasteiger partial charge is 0.477 e. The van der Waals surface area contributed by atoms with Crippen LogP contribution in [0.25, 0.3) is 0 Å². The molecule has 0 saturated carbocycles. The van der Waals surface area contributed by atoms with E-state index in [9.17, 15) is 13.2 Å². The van der Waals surface area contributed by atoms with Gasteiger partial charge in [-0.1, -0.05) is 0 Å². The molecule has 2 unspecified atom stereocenters. The molecule has 2 bridgehead atoms. The summed E-state index contributed by atoms with van der Waals surface area (Å²) >= 11 is 0.821. The zero-order valence-electron chi connectivity index (χ0n) is 10.9.